The van der Waals surface area contributed by atoms with Crippen molar-refractivity contribution in [1.82, 2.24) is 4.90 Å². The Kier molecular flexibility index (Phi) is 6.88. The van der Waals surface area contributed by atoms with Gasteiger partial charge in [0.2, 0.25) is 5.91 Å². The summed E-state index contributed by atoms with van der Waals surface area (Å²) in [4.78, 5) is 38.0. The van der Waals surface area contributed by atoms with Gasteiger partial charge in [-0.1, -0.05) is 0 Å². The minimum atomic E-state index is -0.900. The molecule has 1 aliphatic heterocycles. The number of ether oxygens (including phenoxy) is 3. The summed E-state index contributed by atoms with van der Waals surface area (Å²) >= 11 is 0. The maximum absolute atomic E-state index is 13.1. The summed E-state index contributed by atoms with van der Waals surface area (Å²) in [5.74, 6) is 0.631. The van der Waals surface area contributed by atoms with Crippen LogP contribution in [-0.4, -0.2) is 49.0 Å². The number of ketones is 1. The van der Waals surface area contributed by atoms with Crippen molar-refractivity contribution in [1.29, 1.82) is 0 Å². The van der Waals surface area contributed by atoms with E-state index in [0.717, 1.165) is 5.56 Å². The Morgan fingerprint density at radius 3 is 2.57 bits per heavy atom. The van der Waals surface area contributed by atoms with Gasteiger partial charge in [-0.25, -0.2) is 4.79 Å². The van der Waals surface area contributed by atoms with E-state index in [4.69, 9.17) is 19.9 Å². The summed E-state index contributed by atoms with van der Waals surface area (Å²) < 4.78 is 15.7. The molecule has 8 heteroatoms. The molecule has 0 radical (unpaired) electrons. The molecule has 1 saturated heterocycles. The summed E-state index contributed by atoms with van der Waals surface area (Å²) in [6.07, 6.45) is 0.124. The van der Waals surface area contributed by atoms with Crippen molar-refractivity contribution in [2.45, 2.75) is 45.3 Å². The summed E-state index contributed by atoms with van der Waals surface area (Å²) in [7, 11) is 3.10. The average Bonchev–Trinajstić information content (AvgIpc) is 2.74. The second-order valence-electron chi connectivity index (χ2n) is 7.53. The number of rotatable bonds is 7. The van der Waals surface area contributed by atoms with Crippen molar-refractivity contribution in [3.63, 3.8) is 0 Å². The van der Waals surface area contributed by atoms with Crippen LogP contribution in [0.25, 0.3) is 0 Å². The second kappa shape index (κ2) is 8.95. The molecule has 2 N–H and O–H groups in total. The van der Waals surface area contributed by atoms with Crippen molar-refractivity contribution >= 4 is 17.8 Å². The molecule has 1 fully saturated rings. The highest BCUT2D eigenvalue weighted by Gasteiger charge is 2.36. The fourth-order valence-corrected chi connectivity index (χ4v) is 3.51. The van der Waals surface area contributed by atoms with Crippen molar-refractivity contribution in [3.05, 3.63) is 23.8 Å². The highest BCUT2D eigenvalue weighted by atomic mass is 16.6. The predicted octanol–water partition coefficient (Wildman–Crippen LogP) is 2.28. The van der Waals surface area contributed by atoms with Crippen molar-refractivity contribution < 1.29 is 28.6 Å². The van der Waals surface area contributed by atoms with Gasteiger partial charge in [0.1, 0.15) is 17.1 Å². The molecule has 1 aromatic carbocycles. The number of carbonyl (C=O) groups excluding carboxylic acids is 3. The number of methoxy groups -OCH3 is 2. The molecule has 0 saturated carbocycles. The number of amides is 2. The molecular formula is C20H28N2O6. The summed E-state index contributed by atoms with van der Waals surface area (Å²) in [6.45, 7) is 3.69. The first kappa shape index (κ1) is 21.5. The molecule has 154 valence electrons. The lowest BCUT2D eigenvalue weighted by Crippen LogP contribution is -2.40. The smallest absolute Gasteiger partial charge is 0.405 e. The average molecular weight is 392 g/mol. The van der Waals surface area contributed by atoms with E-state index < -0.39 is 17.6 Å². The van der Waals surface area contributed by atoms with E-state index in [-0.39, 0.29) is 31.2 Å². The fourth-order valence-electron chi connectivity index (χ4n) is 3.51. The largest absolute Gasteiger partial charge is 0.497 e. The summed E-state index contributed by atoms with van der Waals surface area (Å²) in [6, 6.07) is 5.33. The second-order valence-corrected chi connectivity index (χ2v) is 7.53. The van der Waals surface area contributed by atoms with Crippen LogP contribution in [0.2, 0.25) is 0 Å². The molecule has 0 aliphatic carbocycles. The molecule has 8 nitrogen and oxygen atoms in total. The monoisotopic (exact) mass is 392 g/mol. The number of nitrogens with zero attached hydrogens (tertiary/aromatic N) is 1. The number of nitrogens with two attached hydrogens (primary N) is 1. The maximum Gasteiger partial charge on any atom is 0.405 e. The molecule has 0 spiro atoms. The van der Waals surface area contributed by atoms with Crippen LogP contribution in [0, 0.1) is 5.92 Å². The van der Waals surface area contributed by atoms with Gasteiger partial charge >= 0.3 is 6.09 Å². The number of likely N-dealkylation sites (tertiary alicyclic amines) is 1. The first-order chi connectivity index (χ1) is 13.1. The van der Waals surface area contributed by atoms with Crippen LogP contribution >= 0.6 is 0 Å². The lowest BCUT2D eigenvalue weighted by atomic mass is 9.89. The third kappa shape index (κ3) is 5.61. The van der Waals surface area contributed by atoms with Gasteiger partial charge in [-0.15, -0.1) is 0 Å². The van der Waals surface area contributed by atoms with Gasteiger partial charge in [-0.3, -0.25) is 9.59 Å². The van der Waals surface area contributed by atoms with E-state index in [9.17, 15) is 14.4 Å². The molecule has 1 atom stereocenters. The van der Waals surface area contributed by atoms with E-state index in [1.165, 1.54) is 4.90 Å². The zero-order valence-corrected chi connectivity index (χ0v) is 16.8. The first-order valence-electron chi connectivity index (χ1n) is 9.15. The van der Waals surface area contributed by atoms with Gasteiger partial charge in [0.15, 0.2) is 5.78 Å². The molecule has 0 bridgehead atoms. The zero-order valence-electron chi connectivity index (χ0n) is 16.8. The Labute approximate surface area is 164 Å². The SMILES string of the molecule is COc1ccc(CN2CC(=O)CC[C@H](CC(C)(C)OC(N)=O)C2=O)c(OC)c1. The van der Waals surface area contributed by atoms with Gasteiger partial charge in [0.25, 0.3) is 0 Å². The molecule has 1 aliphatic rings. The topological polar surface area (TPSA) is 108 Å². The normalized spacial score (nSPS) is 17.9. The number of primary amides is 1. The van der Waals surface area contributed by atoms with Gasteiger partial charge in [0, 0.05) is 30.5 Å². The third-order valence-electron chi connectivity index (χ3n) is 4.77. The Hall–Kier alpha value is -2.77. The number of hydrogen-bond acceptors (Lipinski definition) is 6. The molecular weight excluding hydrogens is 364 g/mol. The number of carbonyl (C=O) groups is 3. The van der Waals surface area contributed by atoms with E-state index in [2.05, 4.69) is 0 Å². The number of Topliss-reactive ketones (excluding diaryl/α,β-unsaturated/α-hetero) is 1. The van der Waals surface area contributed by atoms with Crippen molar-refractivity contribution in [3.8, 4) is 11.5 Å². The fraction of sp³-hybridized carbons (Fsp3) is 0.550. The van der Waals surface area contributed by atoms with E-state index in [1.54, 1.807) is 40.2 Å². The first-order valence-corrected chi connectivity index (χ1v) is 9.15. The minimum absolute atomic E-state index is 0.00282. The van der Waals surface area contributed by atoms with Crippen molar-refractivity contribution in [2.75, 3.05) is 20.8 Å². The standard InChI is InChI=1S/C20H28N2O6/c1-20(2,28-19(21)25)10-13-5-7-15(23)12-22(18(13)24)11-14-6-8-16(26-3)9-17(14)27-4/h6,8-9,13H,5,7,10-12H2,1-4H3,(H2,21,25)/t13-/m1/s1. The number of benzene rings is 1. The maximum atomic E-state index is 13.1. The molecule has 2 rings (SSSR count). The Morgan fingerprint density at radius 1 is 1.25 bits per heavy atom. The minimum Gasteiger partial charge on any atom is -0.497 e. The molecule has 28 heavy (non-hydrogen) atoms. The van der Waals surface area contributed by atoms with Crippen LogP contribution < -0.4 is 15.2 Å². The van der Waals surface area contributed by atoms with Crippen LogP contribution in [0.4, 0.5) is 4.79 Å². The van der Waals surface area contributed by atoms with Crippen LogP contribution in [-0.2, 0) is 20.9 Å². The molecule has 0 unspecified atom stereocenters. The van der Waals surface area contributed by atoms with Gasteiger partial charge in [0.05, 0.1) is 20.8 Å². The van der Waals surface area contributed by atoms with Crippen LogP contribution in [0.1, 0.15) is 38.7 Å². The van der Waals surface area contributed by atoms with E-state index in [0.29, 0.717) is 24.3 Å². The molecule has 1 aromatic rings. The predicted molar refractivity (Wildman–Crippen MR) is 102 cm³/mol. The van der Waals surface area contributed by atoms with Crippen LogP contribution in [0.15, 0.2) is 18.2 Å². The van der Waals surface area contributed by atoms with E-state index in [1.807, 2.05) is 6.07 Å². The molecule has 1 heterocycles. The number of hydrogen-bond donors (Lipinski definition) is 1. The molecule has 2 amide bonds. The van der Waals surface area contributed by atoms with E-state index >= 15 is 0 Å². The lowest BCUT2D eigenvalue weighted by Gasteiger charge is -2.30. The van der Waals surface area contributed by atoms with Gasteiger partial charge in [-0.05, 0) is 38.8 Å². The Bertz CT molecular complexity index is 746. The summed E-state index contributed by atoms with van der Waals surface area (Å²) in [5, 5.41) is 0. The Morgan fingerprint density at radius 2 is 1.96 bits per heavy atom. The van der Waals surface area contributed by atoms with Crippen molar-refractivity contribution in [2.24, 2.45) is 11.7 Å². The molecule has 0 aromatic heterocycles. The van der Waals surface area contributed by atoms with Gasteiger partial charge in [-0.2, -0.15) is 0 Å². The van der Waals surface area contributed by atoms with Crippen LogP contribution in [0.3, 0.4) is 0 Å². The summed E-state index contributed by atoms with van der Waals surface area (Å²) in [5.41, 5.74) is 5.00. The lowest BCUT2D eigenvalue weighted by molar-refractivity contribution is -0.139. The van der Waals surface area contributed by atoms with Gasteiger partial charge < -0.3 is 24.8 Å². The highest BCUT2D eigenvalue weighted by Crippen LogP contribution is 2.30. The zero-order chi connectivity index (χ0) is 20.9. The quantitative estimate of drug-likeness (QED) is 0.763. The Balaban J connectivity index is 2.22. The highest BCUT2D eigenvalue weighted by molar-refractivity contribution is 5.89. The third-order valence-corrected chi connectivity index (χ3v) is 4.77. The van der Waals surface area contributed by atoms with Crippen LogP contribution in [0.5, 0.6) is 11.5 Å².